The number of esters is 1. The first kappa shape index (κ1) is 11.8. The molecule has 0 aromatic rings. The number of allylic oxidation sites excluding steroid dienone is 1. The van der Waals surface area contributed by atoms with Gasteiger partial charge in [0, 0.05) is 6.42 Å². The highest BCUT2D eigenvalue weighted by Gasteiger charge is 2.28. The van der Waals surface area contributed by atoms with Crippen LogP contribution in [0.5, 0.6) is 0 Å². The number of Topliss-reactive ketones (excluding diaryl/α,β-unsaturated/α-hetero) is 1. The topological polar surface area (TPSA) is 69.4 Å². The van der Waals surface area contributed by atoms with Crippen molar-refractivity contribution in [3.05, 3.63) is 11.8 Å². The van der Waals surface area contributed by atoms with Crippen LogP contribution in [0.3, 0.4) is 0 Å². The minimum absolute atomic E-state index is 0.0881. The largest absolute Gasteiger partial charge is 0.460 e. The van der Waals surface area contributed by atoms with E-state index in [1.165, 1.54) is 6.08 Å². The molecule has 15 heavy (non-hydrogen) atoms. The maximum atomic E-state index is 11.6. The van der Waals surface area contributed by atoms with Crippen LogP contribution in [0.25, 0.3) is 0 Å². The molecule has 0 amide bonds. The molecule has 0 heterocycles. The molecule has 1 aliphatic rings. The van der Waals surface area contributed by atoms with Crippen LogP contribution in [0.2, 0.25) is 0 Å². The summed E-state index contributed by atoms with van der Waals surface area (Å²) >= 11 is 0. The fraction of sp³-hybridized carbons (Fsp3) is 0.636. The Morgan fingerprint density at radius 3 is 2.60 bits per heavy atom. The van der Waals surface area contributed by atoms with Gasteiger partial charge in [-0.15, -0.1) is 0 Å². The number of ether oxygens (including phenoxy) is 1. The Kier molecular flexibility index (Phi) is 3.17. The second-order valence-corrected chi connectivity index (χ2v) is 4.72. The lowest BCUT2D eigenvalue weighted by Gasteiger charge is -2.24. The summed E-state index contributed by atoms with van der Waals surface area (Å²) in [5, 5.41) is 0. The van der Waals surface area contributed by atoms with E-state index in [4.69, 9.17) is 10.5 Å². The standard InChI is InChI=1S/C11H17NO3/c1-11(2,3)15-10(14)7-4-5-9(13)8(12)6-7/h6-7H,4-5,12H2,1-3H3. The van der Waals surface area contributed by atoms with E-state index >= 15 is 0 Å². The molecule has 1 unspecified atom stereocenters. The zero-order valence-corrected chi connectivity index (χ0v) is 9.37. The molecule has 0 radical (unpaired) electrons. The maximum Gasteiger partial charge on any atom is 0.313 e. The van der Waals surface area contributed by atoms with Crippen molar-refractivity contribution in [1.29, 1.82) is 0 Å². The number of rotatable bonds is 1. The van der Waals surface area contributed by atoms with E-state index < -0.39 is 5.60 Å². The lowest BCUT2D eigenvalue weighted by molar-refractivity contribution is -0.158. The Morgan fingerprint density at radius 1 is 1.53 bits per heavy atom. The van der Waals surface area contributed by atoms with Gasteiger partial charge in [-0.2, -0.15) is 0 Å². The normalized spacial score (nSPS) is 22.2. The minimum Gasteiger partial charge on any atom is -0.460 e. The first-order chi connectivity index (χ1) is 6.79. The van der Waals surface area contributed by atoms with E-state index in [2.05, 4.69) is 0 Å². The quantitative estimate of drug-likeness (QED) is 0.660. The molecule has 0 aliphatic heterocycles. The van der Waals surface area contributed by atoms with E-state index in [1.54, 1.807) is 0 Å². The SMILES string of the molecule is CC(C)(C)OC(=O)C1C=C(N)C(=O)CC1. The van der Waals surface area contributed by atoms with Crippen LogP contribution in [0.4, 0.5) is 0 Å². The van der Waals surface area contributed by atoms with Crippen LogP contribution in [0.1, 0.15) is 33.6 Å². The highest BCUT2D eigenvalue weighted by molar-refractivity contribution is 5.96. The molecule has 84 valence electrons. The molecule has 0 saturated heterocycles. The van der Waals surface area contributed by atoms with Crippen molar-refractivity contribution in [2.45, 2.75) is 39.2 Å². The molecule has 0 aromatic heterocycles. The van der Waals surface area contributed by atoms with Gasteiger partial charge < -0.3 is 10.5 Å². The van der Waals surface area contributed by atoms with Gasteiger partial charge in [0.05, 0.1) is 11.6 Å². The highest BCUT2D eigenvalue weighted by Crippen LogP contribution is 2.21. The summed E-state index contributed by atoms with van der Waals surface area (Å²) in [4.78, 5) is 22.7. The van der Waals surface area contributed by atoms with Crippen LogP contribution in [0, 0.1) is 5.92 Å². The van der Waals surface area contributed by atoms with Crippen LogP contribution in [-0.4, -0.2) is 17.4 Å². The fourth-order valence-corrected chi connectivity index (χ4v) is 1.39. The predicted molar refractivity (Wildman–Crippen MR) is 55.8 cm³/mol. The molecule has 0 bridgehead atoms. The molecular weight excluding hydrogens is 194 g/mol. The average molecular weight is 211 g/mol. The van der Waals surface area contributed by atoms with Crippen molar-refractivity contribution in [3.63, 3.8) is 0 Å². The van der Waals surface area contributed by atoms with Crippen molar-refractivity contribution in [3.8, 4) is 0 Å². The predicted octanol–water partition coefficient (Wildman–Crippen LogP) is 1.15. The van der Waals surface area contributed by atoms with Gasteiger partial charge in [0.25, 0.3) is 0 Å². The van der Waals surface area contributed by atoms with Gasteiger partial charge in [-0.3, -0.25) is 9.59 Å². The van der Waals surface area contributed by atoms with Gasteiger partial charge in [-0.25, -0.2) is 0 Å². The van der Waals surface area contributed by atoms with Crippen molar-refractivity contribution in [2.75, 3.05) is 0 Å². The summed E-state index contributed by atoms with van der Waals surface area (Å²) < 4.78 is 5.21. The summed E-state index contributed by atoms with van der Waals surface area (Å²) in [7, 11) is 0. The first-order valence-corrected chi connectivity index (χ1v) is 5.03. The van der Waals surface area contributed by atoms with Gasteiger partial charge >= 0.3 is 5.97 Å². The smallest absolute Gasteiger partial charge is 0.313 e. The number of ketones is 1. The third kappa shape index (κ3) is 3.38. The number of carbonyl (C=O) groups is 2. The number of hydrogen-bond acceptors (Lipinski definition) is 4. The van der Waals surface area contributed by atoms with E-state index in [0.29, 0.717) is 12.8 Å². The van der Waals surface area contributed by atoms with E-state index in [-0.39, 0.29) is 23.4 Å². The summed E-state index contributed by atoms with van der Waals surface area (Å²) in [6.45, 7) is 5.43. The molecule has 2 N–H and O–H groups in total. The highest BCUT2D eigenvalue weighted by atomic mass is 16.6. The molecule has 1 atom stereocenters. The van der Waals surface area contributed by atoms with E-state index in [0.717, 1.165) is 0 Å². The average Bonchev–Trinajstić information content (AvgIpc) is 2.06. The van der Waals surface area contributed by atoms with E-state index in [9.17, 15) is 9.59 Å². The molecule has 0 spiro atoms. The summed E-state index contributed by atoms with van der Waals surface area (Å²) in [5.74, 6) is -0.769. The number of hydrogen-bond donors (Lipinski definition) is 1. The summed E-state index contributed by atoms with van der Waals surface area (Å²) in [6.07, 6.45) is 2.32. The van der Waals surface area contributed by atoms with Gasteiger partial charge in [-0.1, -0.05) is 0 Å². The van der Waals surface area contributed by atoms with E-state index in [1.807, 2.05) is 20.8 Å². The Balaban J connectivity index is 2.67. The lowest BCUT2D eigenvalue weighted by atomic mass is 9.93. The van der Waals surface area contributed by atoms with Gasteiger partial charge in [-0.05, 0) is 33.3 Å². The maximum absolute atomic E-state index is 11.6. The summed E-state index contributed by atoms with van der Waals surface area (Å²) in [5.41, 5.74) is 5.15. The summed E-state index contributed by atoms with van der Waals surface area (Å²) in [6, 6.07) is 0. The van der Waals surface area contributed by atoms with Gasteiger partial charge in [0.15, 0.2) is 5.78 Å². The molecule has 0 saturated carbocycles. The molecule has 0 aromatic carbocycles. The zero-order chi connectivity index (χ0) is 11.6. The van der Waals surface area contributed by atoms with Crippen LogP contribution < -0.4 is 5.73 Å². The second-order valence-electron chi connectivity index (χ2n) is 4.72. The van der Waals surface area contributed by atoms with Gasteiger partial charge in [0.2, 0.25) is 0 Å². The third-order valence-corrected chi connectivity index (χ3v) is 2.09. The Morgan fingerprint density at radius 2 is 2.13 bits per heavy atom. The fourth-order valence-electron chi connectivity index (χ4n) is 1.39. The molecule has 4 nitrogen and oxygen atoms in total. The Bertz CT molecular complexity index is 312. The number of nitrogens with two attached hydrogens (primary N) is 1. The van der Waals surface area contributed by atoms with Crippen molar-refractivity contribution >= 4 is 11.8 Å². The second kappa shape index (κ2) is 4.04. The molecule has 1 rings (SSSR count). The van der Waals surface area contributed by atoms with Crippen LogP contribution in [0.15, 0.2) is 11.8 Å². The zero-order valence-electron chi connectivity index (χ0n) is 9.37. The van der Waals surface area contributed by atoms with Gasteiger partial charge in [0.1, 0.15) is 5.60 Å². The van der Waals surface area contributed by atoms with Crippen molar-refractivity contribution < 1.29 is 14.3 Å². The minimum atomic E-state index is -0.499. The molecular formula is C11H17NO3. The monoisotopic (exact) mass is 211 g/mol. The Labute approximate surface area is 89.5 Å². The molecule has 0 fully saturated rings. The first-order valence-electron chi connectivity index (χ1n) is 5.03. The van der Waals surface area contributed by atoms with Crippen LogP contribution >= 0.6 is 0 Å². The third-order valence-electron chi connectivity index (χ3n) is 2.09. The molecule has 4 heteroatoms. The van der Waals surface area contributed by atoms with Crippen molar-refractivity contribution in [2.24, 2.45) is 11.7 Å². The number of carbonyl (C=O) groups excluding carboxylic acids is 2. The van der Waals surface area contributed by atoms with Crippen LogP contribution in [-0.2, 0) is 14.3 Å². The van der Waals surface area contributed by atoms with Crippen molar-refractivity contribution in [1.82, 2.24) is 0 Å². The lowest BCUT2D eigenvalue weighted by Crippen LogP contribution is -2.31. The molecule has 1 aliphatic carbocycles. The Hall–Kier alpha value is -1.32.